The Morgan fingerprint density at radius 3 is 2.34 bits per heavy atom. The fourth-order valence-electron chi connectivity index (χ4n) is 3.32. The monoisotopic (exact) mass is 415 g/mol. The van der Waals surface area contributed by atoms with Crippen molar-refractivity contribution in [3.8, 4) is 0 Å². The highest BCUT2D eigenvalue weighted by Gasteiger charge is 2.35. The van der Waals surface area contributed by atoms with Gasteiger partial charge in [-0.1, -0.05) is 48.0 Å². The van der Waals surface area contributed by atoms with Crippen molar-refractivity contribution in [1.29, 1.82) is 0 Å². The van der Waals surface area contributed by atoms with Gasteiger partial charge in [0, 0.05) is 25.7 Å². The first-order chi connectivity index (χ1) is 13.9. The Balaban J connectivity index is 1.53. The molecule has 2 aromatic rings. The maximum atomic E-state index is 12.8. The van der Waals surface area contributed by atoms with E-state index in [-0.39, 0.29) is 24.0 Å². The zero-order valence-electron chi connectivity index (χ0n) is 16.3. The Kier molecular flexibility index (Phi) is 6.66. The van der Waals surface area contributed by atoms with Gasteiger partial charge in [0.2, 0.25) is 10.0 Å². The minimum atomic E-state index is -3.62. The summed E-state index contributed by atoms with van der Waals surface area (Å²) in [5.41, 5.74) is 2.01. The standard InChI is InChI=1S/C21H25N3O4S/c1-16-9-11-17(12-10-16)14-22-20(25)21(26)23-15-18-6-5-13-24(18)29(27,28)19-7-3-2-4-8-19/h2-4,7-12,18H,5-6,13-15H2,1H3,(H,22,25)(H,23,26)/t18-/m1/s1. The summed E-state index contributed by atoms with van der Waals surface area (Å²) in [5.74, 6) is -1.50. The molecule has 3 rings (SSSR count). The number of hydrogen-bond acceptors (Lipinski definition) is 4. The van der Waals surface area contributed by atoms with E-state index in [0.29, 0.717) is 19.4 Å². The Morgan fingerprint density at radius 2 is 1.66 bits per heavy atom. The van der Waals surface area contributed by atoms with Gasteiger partial charge >= 0.3 is 11.8 Å². The molecule has 0 saturated carbocycles. The van der Waals surface area contributed by atoms with Crippen molar-refractivity contribution < 1.29 is 18.0 Å². The van der Waals surface area contributed by atoms with Gasteiger partial charge in [-0.2, -0.15) is 4.31 Å². The molecule has 0 unspecified atom stereocenters. The fraction of sp³-hybridized carbons (Fsp3) is 0.333. The summed E-state index contributed by atoms with van der Waals surface area (Å²) < 4.78 is 27.1. The second-order valence-electron chi connectivity index (χ2n) is 7.10. The van der Waals surface area contributed by atoms with Crippen LogP contribution < -0.4 is 10.6 Å². The van der Waals surface area contributed by atoms with Crippen LogP contribution in [0.15, 0.2) is 59.5 Å². The topological polar surface area (TPSA) is 95.6 Å². The number of amides is 2. The first kappa shape index (κ1) is 21.0. The number of rotatable bonds is 6. The molecule has 2 aromatic carbocycles. The van der Waals surface area contributed by atoms with E-state index in [4.69, 9.17) is 0 Å². The van der Waals surface area contributed by atoms with Crippen molar-refractivity contribution >= 4 is 21.8 Å². The lowest BCUT2D eigenvalue weighted by Crippen LogP contribution is -2.46. The van der Waals surface area contributed by atoms with Crippen LogP contribution in [0.4, 0.5) is 0 Å². The van der Waals surface area contributed by atoms with Crippen LogP contribution in [0.3, 0.4) is 0 Å². The van der Waals surface area contributed by atoms with Crippen LogP contribution in [0.1, 0.15) is 24.0 Å². The first-order valence-electron chi connectivity index (χ1n) is 9.56. The van der Waals surface area contributed by atoms with Gasteiger partial charge in [0.1, 0.15) is 0 Å². The van der Waals surface area contributed by atoms with Gasteiger partial charge in [0.25, 0.3) is 0 Å². The Morgan fingerprint density at radius 1 is 1.00 bits per heavy atom. The van der Waals surface area contributed by atoms with Gasteiger partial charge in [0.05, 0.1) is 4.90 Å². The lowest BCUT2D eigenvalue weighted by Gasteiger charge is -2.24. The second-order valence-corrected chi connectivity index (χ2v) is 8.99. The lowest BCUT2D eigenvalue weighted by molar-refractivity contribution is -0.139. The highest BCUT2D eigenvalue weighted by atomic mass is 32.2. The normalized spacial score (nSPS) is 17.1. The van der Waals surface area contributed by atoms with E-state index >= 15 is 0 Å². The SMILES string of the molecule is Cc1ccc(CNC(=O)C(=O)NC[C@H]2CCCN2S(=O)(=O)c2ccccc2)cc1. The van der Waals surface area contributed by atoms with Crippen molar-refractivity contribution in [1.82, 2.24) is 14.9 Å². The molecule has 8 heteroatoms. The molecule has 0 spiro atoms. The second kappa shape index (κ2) is 9.19. The van der Waals surface area contributed by atoms with Gasteiger partial charge in [-0.3, -0.25) is 9.59 Å². The zero-order valence-corrected chi connectivity index (χ0v) is 17.1. The van der Waals surface area contributed by atoms with Crippen LogP contribution >= 0.6 is 0 Å². The van der Waals surface area contributed by atoms with E-state index in [1.165, 1.54) is 4.31 Å². The molecule has 1 fully saturated rings. The molecule has 1 heterocycles. The quantitative estimate of drug-likeness (QED) is 0.701. The van der Waals surface area contributed by atoms with Crippen molar-refractivity contribution in [3.05, 3.63) is 65.7 Å². The van der Waals surface area contributed by atoms with Gasteiger partial charge in [-0.15, -0.1) is 0 Å². The first-order valence-corrected chi connectivity index (χ1v) is 11.0. The van der Waals surface area contributed by atoms with Gasteiger partial charge in [0.15, 0.2) is 0 Å². The molecular weight excluding hydrogens is 390 g/mol. The van der Waals surface area contributed by atoms with E-state index in [9.17, 15) is 18.0 Å². The molecule has 0 aliphatic carbocycles. The smallest absolute Gasteiger partial charge is 0.309 e. The van der Waals surface area contributed by atoms with Crippen LogP contribution in [-0.4, -0.2) is 43.7 Å². The van der Waals surface area contributed by atoms with Gasteiger partial charge in [-0.25, -0.2) is 8.42 Å². The number of carbonyl (C=O) groups is 2. The predicted molar refractivity (Wildman–Crippen MR) is 109 cm³/mol. The minimum absolute atomic E-state index is 0.100. The van der Waals surface area contributed by atoms with Crippen molar-refractivity contribution in [2.24, 2.45) is 0 Å². The number of carbonyl (C=O) groups excluding carboxylic acids is 2. The fourth-order valence-corrected chi connectivity index (χ4v) is 5.03. The maximum absolute atomic E-state index is 12.8. The highest BCUT2D eigenvalue weighted by molar-refractivity contribution is 7.89. The lowest BCUT2D eigenvalue weighted by atomic mass is 10.1. The molecule has 0 aromatic heterocycles. The van der Waals surface area contributed by atoms with Gasteiger partial charge in [-0.05, 0) is 37.5 Å². The summed E-state index contributed by atoms with van der Waals surface area (Å²) in [6.07, 6.45) is 1.35. The molecule has 2 N–H and O–H groups in total. The van der Waals surface area contributed by atoms with Crippen LogP contribution in [-0.2, 0) is 26.2 Å². The summed E-state index contributed by atoms with van der Waals surface area (Å²) >= 11 is 0. The number of hydrogen-bond donors (Lipinski definition) is 2. The average molecular weight is 416 g/mol. The number of nitrogens with one attached hydrogen (secondary N) is 2. The van der Waals surface area contributed by atoms with Crippen molar-refractivity contribution in [2.45, 2.75) is 37.2 Å². The summed E-state index contributed by atoms with van der Waals surface area (Å²) in [6.45, 7) is 2.73. The number of nitrogens with zero attached hydrogens (tertiary/aromatic N) is 1. The zero-order chi connectivity index (χ0) is 20.9. The molecule has 0 bridgehead atoms. The third-order valence-corrected chi connectivity index (χ3v) is 6.92. The molecule has 1 saturated heterocycles. The minimum Gasteiger partial charge on any atom is -0.346 e. The van der Waals surface area contributed by atoms with E-state index in [1.807, 2.05) is 31.2 Å². The van der Waals surface area contributed by atoms with Crippen molar-refractivity contribution in [2.75, 3.05) is 13.1 Å². The molecule has 0 radical (unpaired) electrons. The number of aryl methyl sites for hydroxylation is 1. The molecule has 154 valence electrons. The molecule has 1 aliphatic heterocycles. The molecule has 2 amide bonds. The van der Waals surface area contributed by atoms with Crippen LogP contribution in [0.25, 0.3) is 0 Å². The summed E-state index contributed by atoms with van der Waals surface area (Å²) in [5, 5.41) is 5.14. The largest absolute Gasteiger partial charge is 0.346 e. The Hall–Kier alpha value is -2.71. The summed E-state index contributed by atoms with van der Waals surface area (Å²) in [4.78, 5) is 24.4. The van der Waals surface area contributed by atoms with Crippen LogP contribution in [0.5, 0.6) is 0 Å². The number of sulfonamides is 1. The van der Waals surface area contributed by atoms with E-state index in [2.05, 4.69) is 10.6 Å². The summed E-state index contributed by atoms with van der Waals surface area (Å²) in [6, 6.07) is 15.5. The molecule has 29 heavy (non-hydrogen) atoms. The van der Waals surface area contributed by atoms with Crippen LogP contribution in [0.2, 0.25) is 0 Å². The van der Waals surface area contributed by atoms with Crippen LogP contribution in [0, 0.1) is 6.92 Å². The van der Waals surface area contributed by atoms with Gasteiger partial charge < -0.3 is 10.6 Å². The molecule has 7 nitrogen and oxygen atoms in total. The van der Waals surface area contributed by atoms with E-state index in [1.54, 1.807) is 30.3 Å². The average Bonchev–Trinajstić information content (AvgIpc) is 3.21. The van der Waals surface area contributed by atoms with E-state index < -0.39 is 21.8 Å². The maximum Gasteiger partial charge on any atom is 0.309 e. The molecule has 1 atom stereocenters. The Bertz CT molecular complexity index is 959. The van der Waals surface area contributed by atoms with E-state index in [0.717, 1.165) is 11.1 Å². The van der Waals surface area contributed by atoms with Crippen molar-refractivity contribution in [3.63, 3.8) is 0 Å². The molecular formula is C21H25N3O4S. The third kappa shape index (κ3) is 5.21. The predicted octanol–water partition coefficient (Wildman–Crippen LogP) is 1.58. The highest BCUT2D eigenvalue weighted by Crippen LogP contribution is 2.25. The summed E-state index contributed by atoms with van der Waals surface area (Å²) in [7, 11) is -3.62. The third-order valence-electron chi connectivity index (χ3n) is 4.95. The number of benzene rings is 2. The Labute approximate surface area is 171 Å². The molecule has 1 aliphatic rings.